The highest BCUT2D eigenvalue weighted by Gasteiger charge is 2.11. The second-order valence-electron chi connectivity index (χ2n) is 7.39. The van der Waals surface area contributed by atoms with Gasteiger partial charge in [0.2, 0.25) is 0 Å². The van der Waals surface area contributed by atoms with Crippen molar-refractivity contribution in [3.8, 4) is 22.3 Å². The van der Waals surface area contributed by atoms with Gasteiger partial charge in [-0.2, -0.15) is 0 Å². The molecule has 0 saturated carbocycles. The van der Waals surface area contributed by atoms with E-state index in [0.29, 0.717) is 5.92 Å². The first-order valence-corrected chi connectivity index (χ1v) is 9.32. The van der Waals surface area contributed by atoms with Gasteiger partial charge in [-0.1, -0.05) is 92.2 Å². The normalized spacial score (nSPS) is 11.2. The highest BCUT2D eigenvalue weighted by Crippen LogP contribution is 2.34. The molecule has 0 aliphatic rings. The molecule has 0 aliphatic heterocycles. The van der Waals surface area contributed by atoms with Crippen LogP contribution in [0.4, 0.5) is 0 Å². The molecule has 0 fully saturated rings. The lowest BCUT2D eigenvalue weighted by molar-refractivity contribution is 0.869. The summed E-state index contributed by atoms with van der Waals surface area (Å²) in [5.41, 5.74) is 7.87. The van der Waals surface area contributed by atoms with Gasteiger partial charge in [0.1, 0.15) is 0 Å². The van der Waals surface area contributed by atoms with Crippen molar-refractivity contribution in [2.24, 2.45) is 0 Å². The van der Waals surface area contributed by atoms with E-state index < -0.39 is 0 Å². The fraction of sp³-hybridized carbons (Fsp3) is 0.154. The number of hydrogen-bond acceptors (Lipinski definition) is 0. The Labute approximate surface area is 156 Å². The van der Waals surface area contributed by atoms with Gasteiger partial charge in [-0.25, -0.2) is 0 Å². The first-order chi connectivity index (χ1) is 12.6. The molecule has 0 amide bonds. The van der Waals surface area contributed by atoms with Gasteiger partial charge in [0.05, 0.1) is 0 Å². The molecule has 0 heterocycles. The van der Waals surface area contributed by atoms with Crippen LogP contribution in [0.5, 0.6) is 0 Å². The average Bonchev–Trinajstić information content (AvgIpc) is 2.67. The lowest BCUT2D eigenvalue weighted by atomic mass is 9.89. The maximum atomic E-state index is 2.35. The second-order valence-corrected chi connectivity index (χ2v) is 7.39. The predicted molar refractivity (Wildman–Crippen MR) is 114 cm³/mol. The van der Waals surface area contributed by atoms with E-state index in [9.17, 15) is 0 Å². The highest BCUT2D eigenvalue weighted by atomic mass is 14.1. The Morgan fingerprint density at radius 2 is 1.27 bits per heavy atom. The van der Waals surface area contributed by atoms with E-state index in [2.05, 4.69) is 106 Å². The zero-order valence-electron chi connectivity index (χ0n) is 15.7. The molecule has 0 spiro atoms. The Bertz CT molecular complexity index is 1060. The molecule has 4 aromatic rings. The zero-order chi connectivity index (χ0) is 18.1. The molecule has 0 nitrogen and oxygen atoms in total. The topological polar surface area (TPSA) is 0 Å². The van der Waals surface area contributed by atoms with Crippen LogP contribution >= 0.6 is 0 Å². The fourth-order valence-corrected chi connectivity index (χ4v) is 3.65. The Morgan fingerprint density at radius 1 is 0.577 bits per heavy atom. The molecule has 4 rings (SSSR count). The Morgan fingerprint density at radius 3 is 2.04 bits per heavy atom. The minimum atomic E-state index is 0.499. The van der Waals surface area contributed by atoms with Crippen LogP contribution in [0.25, 0.3) is 33.0 Å². The van der Waals surface area contributed by atoms with Gasteiger partial charge in [-0.15, -0.1) is 0 Å². The minimum absolute atomic E-state index is 0.499. The van der Waals surface area contributed by atoms with E-state index in [0.717, 1.165) is 0 Å². The molecule has 26 heavy (non-hydrogen) atoms. The third-order valence-corrected chi connectivity index (χ3v) is 5.09. The van der Waals surface area contributed by atoms with Crippen molar-refractivity contribution in [2.75, 3.05) is 0 Å². The van der Waals surface area contributed by atoms with Crippen LogP contribution in [0.2, 0.25) is 0 Å². The molecule has 0 radical (unpaired) electrons. The summed E-state index contributed by atoms with van der Waals surface area (Å²) in [7, 11) is 0. The standard InChI is InChI=1S/C26H24/c1-18(2)25-14-13-23(17-26(25)21-7-5-4-6-8-21)22-12-11-20-10-9-19(3)15-24(20)16-22/h4-18H,1-3H3. The van der Waals surface area contributed by atoms with Gasteiger partial charge in [-0.3, -0.25) is 0 Å². The van der Waals surface area contributed by atoms with Gasteiger partial charge in [-0.05, 0) is 63.6 Å². The van der Waals surface area contributed by atoms with Gasteiger partial charge in [0.15, 0.2) is 0 Å². The summed E-state index contributed by atoms with van der Waals surface area (Å²) in [5.74, 6) is 0.499. The molecular formula is C26H24. The van der Waals surface area contributed by atoms with Crippen LogP contribution in [-0.2, 0) is 0 Å². The smallest absolute Gasteiger partial charge is 0.0143 e. The number of hydrogen-bond donors (Lipinski definition) is 0. The Hall–Kier alpha value is -2.86. The van der Waals surface area contributed by atoms with Crippen molar-refractivity contribution in [1.82, 2.24) is 0 Å². The maximum Gasteiger partial charge on any atom is -0.0143 e. The van der Waals surface area contributed by atoms with E-state index in [4.69, 9.17) is 0 Å². The number of aryl methyl sites for hydroxylation is 1. The van der Waals surface area contributed by atoms with Crippen LogP contribution in [0.3, 0.4) is 0 Å². The first-order valence-electron chi connectivity index (χ1n) is 9.32. The summed E-state index contributed by atoms with van der Waals surface area (Å²) in [6.07, 6.45) is 0. The van der Waals surface area contributed by atoms with Crippen molar-refractivity contribution in [2.45, 2.75) is 26.7 Å². The second kappa shape index (κ2) is 6.80. The van der Waals surface area contributed by atoms with Crippen LogP contribution in [0, 0.1) is 6.92 Å². The SMILES string of the molecule is Cc1ccc2ccc(-c3ccc(C(C)C)c(-c4ccccc4)c3)cc2c1. The van der Waals surface area contributed by atoms with Gasteiger partial charge < -0.3 is 0 Å². The van der Waals surface area contributed by atoms with Crippen LogP contribution in [0.15, 0.2) is 84.9 Å². The lowest BCUT2D eigenvalue weighted by Crippen LogP contribution is -1.93. The molecule has 0 heteroatoms. The summed E-state index contributed by atoms with van der Waals surface area (Å²) in [4.78, 5) is 0. The van der Waals surface area contributed by atoms with Crippen LogP contribution in [0.1, 0.15) is 30.9 Å². The number of rotatable bonds is 3. The Kier molecular flexibility index (Phi) is 4.34. The molecular weight excluding hydrogens is 312 g/mol. The van der Waals surface area contributed by atoms with Gasteiger partial charge >= 0.3 is 0 Å². The number of fused-ring (bicyclic) bond motifs is 1. The van der Waals surface area contributed by atoms with Crippen molar-refractivity contribution in [3.05, 3.63) is 96.1 Å². The summed E-state index contributed by atoms with van der Waals surface area (Å²) in [5, 5.41) is 2.60. The molecule has 0 atom stereocenters. The van der Waals surface area contributed by atoms with Crippen molar-refractivity contribution >= 4 is 10.8 Å². The first kappa shape index (κ1) is 16.6. The quantitative estimate of drug-likeness (QED) is 0.361. The highest BCUT2D eigenvalue weighted by molar-refractivity contribution is 5.88. The molecule has 0 aromatic heterocycles. The number of benzene rings is 4. The molecule has 0 saturated heterocycles. The molecule has 0 bridgehead atoms. The maximum absolute atomic E-state index is 2.35. The Balaban J connectivity index is 1.87. The van der Waals surface area contributed by atoms with E-state index >= 15 is 0 Å². The van der Waals surface area contributed by atoms with Crippen molar-refractivity contribution < 1.29 is 0 Å². The summed E-state index contributed by atoms with van der Waals surface area (Å²) < 4.78 is 0. The largest absolute Gasteiger partial charge is 0.0622 e. The molecule has 0 unspecified atom stereocenters. The average molecular weight is 336 g/mol. The third kappa shape index (κ3) is 3.15. The predicted octanol–water partition coefficient (Wildman–Crippen LogP) is 7.61. The van der Waals surface area contributed by atoms with E-state index in [1.165, 1.54) is 44.2 Å². The van der Waals surface area contributed by atoms with E-state index in [1.54, 1.807) is 0 Å². The summed E-state index contributed by atoms with van der Waals surface area (Å²) in [6.45, 7) is 6.68. The summed E-state index contributed by atoms with van der Waals surface area (Å²) in [6, 6.07) is 31.0. The molecule has 0 N–H and O–H groups in total. The van der Waals surface area contributed by atoms with Gasteiger partial charge in [0.25, 0.3) is 0 Å². The lowest BCUT2D eigenvalue weighted by Gasteiger charge is -2.15. The van der Waals surface area contributed by atoms with E-state index in [-0.39, 0.29) is 0 Å². The molecule has 128 valence electrons. The minimum Gasteiger partial charge on any atom is -0.0622 e. The zero-order valence-corrected chi connectivity index (χ0v) is 15.7. The van der Waals surface area contributed by atoms with Gasteiger partial charge in [0, 0.05) is 0 Å². The van der Waals surface area contributed by atoms with Crippen molar-refractivity contribution in [3.63, 3.8) is 0 Å². The van der Waals surface area contributed by atoms with Crippen LogP contribution in [-0.4, -0.2) is 0 Å². The molecule has 0 aliphatic carbocycles. The van der Waals surface area contributed by atoms with E-state index in [1.807, 2.05) is 0 Å². The fourth-order valence-electron chi connectivity index (χ4n) is 3.65. The van der Waals surface area contributed by atoms with Crippen molar-refractivity contribution in [1.29, 1.82) is 0 Å². The summed E-state index contributed by atoms with van der Waals surface area (Å²) >= 11 is 0. The van der Waals surface area contributed by atoms with Crippen LogP contribution < -0.4 is 0 Å². The molecule has 4 aromatic carbocycles. The monoisotopic (exact) mass is 336 g/mol. The third-order valence-electron chi connectivity index (χ3n) is 5.09.